The second kappa shape index (κ2) is 6.74. The van der Waals surface area contributed by atoms with E-state index in [2.05, 4.69) is 24.2 Å². The van der Waals surface area contributed by atoms with Crippen molar-refractivity contribution in [3.8, 4) is 0 Å². The molecule has 0 aromatic heterocycles. The van der Waals surface area contributed by atoms with Crippen molar-refractivity contribution in [2.75, 3.05) is 0 Å². The molecule has 0 bridgehead atoms. The Morgan fingerprint density at radius 2 is 2.00 bits per heavy atom. The molecule has 21 heavy (non-hydrogen) atoms. The van der Waals surface area contributed by atoms with Gasteiger partial charge in [0, 0.05) is 0 Å². The summed E-state index contributed by atoms with van der Waals surface area (Å²) in [6.07, 6.45) is 5.26. The zero-order valence-electron chi connectivity index (χ0n) is 12.9. The summed E-state index contributed by atoms with van der Waals surface area (Å²) in [5.41, 5.74) is 5.85. The maximum Gasteiger partial charge on any atom is 0.259 e. The van der Waals surface area contributed by atoms with Crippen LogP contribution in [-0.4, -0.2) is 11.9 Å². The molecule has 4 nitrogen and oxygen atoms in total. The van der Waals surface area contributed by atoms with Crippen molar-refractivity contribution in [1.82, 2.24) is 5.32 Å². The van der Waals surface area contributed by atoms with Crippen LogP contribution in [0.25, 0.3) is 0 Å². The van der Waals surface area contributed by atoms with Gasteiger partial charge < -0.3 is 5.73 Å². The fourth-order valence-corrected chi connectivity index (χ4v) is 3.03. The molecule has 0 saturated heterocycles. The molecule has 1 aromatic carbocycles. The van der Waals surface area contributed by atoms with Crippen LogP contribution in [0.4, 0.5) is 0 Å². The van der Waals surface area contributed by atoms with Crippen molar-refractivity contribution >= 4 is 11.9 Å². The van der Waals surface area contributed by atoms with Crippen LogP contribution in [-0.2, 0) is 10.3 Å². The Bertz CT molecular complexity index is 512. The molecule has 1 aliphatic rings. The maximum atomic E-state index is 12.5. The Balaban J connectivity index is 2.32. The highest BCUT2D eigenvalue weighted by atomic mass is 16.2. The van der Waals surface area contributed by atoms with Crippen molar-refractivity contribution < 1.29 is 4.79 Å². The molecule has 0 fully saturated rings. The van der Waals surface area contributed by atoms with Gasteiger partial charge in [0.1, 0.15) is 0 Å². The number of hydrogen-bond acceptors (Lipinski definition) is 3. The smallest absolute Gasteiger partial charge is 0.259 e. The van der Waals surface area contributed by atoms with Gasteiger partial charge in [-0.1, -0.05) is 69.9 Å². The molecule has 0 radical (unpaired) electrons. The van der Waals surface area contributed by atoms with Gasteiger partial charge in [-0.2, -0.15) is 0 Å². The lowest BCUT2D eigenvalue weighted by atomic mass is 9.79. The van der Waals surface area contributed by atoms with E-state index >= 15 is 0 Å². The second-order valence-electron chi connectivity index (χ2n) is 5.80. The fourth-order valence-electron chi connectivity index (χ4n) is 3.03. The number of guanidine groups is 1. The fraction of sp³-hybridized carbons (Fsp3) is 0.529. The van der Waals surface area contributed by atoms with Gasteiger partial charge in [-0.05, 0) is 17.9 Å². The summed E-state index contributed by atoms with van der Waals surface area (Å²) in [7, 11) is 0. The minimum absolute atomic E-state index is 0.0962. The summed E-state index contributed by atoms with van der Waals surface area (Å²) in [5, 5.41) is 2.68. The Morgan fingerprint density at radius 3 is 2.52 bits per heavy atom. The highest BCUT2D eigenvalue weighted by Gasteiger charge is 2.45. The Hall–Kier alpha value is -1.84. The summed E-state index contributed by atoms with van der Waals surface area (Å²) in [5.74, 6) is 0.612. The topological polar surface area (TPSA) is 67.5 Å². The number of nitrogens with one attached hydrogen (secondary N) is 1. The molecular weight excluding hydrogens is 262 g/mol. The van der Waals surface area contributed by atoms with Crippen molar-refractivity contribution in [3.05, 3.63) is 35.9 Å². The average molecular weight is 287 g/mol. The van der Waals surface area contributed by atoms with E-state index in [1.165, 1.54) is 12.8 Å². The van der Waals surface area contributed by atoms with Crippen molar-refractivity contribution in [3.63, 3.8) is 0 Å². The number of nitrogens with zero attached hydrogens (tertiary/aromatic N) is 1. The highest BCUT2D eigenvalue weighted by molar-refractivity contribution is 6.07. The first-order valence-corrected chi connectivity index (χ1v) is 7.84. The standard InChI is InChI=1S/C17H25N3O/c1-3-5-9-13(4-2)12-17(14-10-7-6-8-11-14)15(21)19-16(18)20-17/h6-8,10-11,13H,3-5,9,12H2,1-2H3,(H3,18,19,20,21). The van der Waals surface area contributed by atoms with Gasteiger partial charge in [0.25, 0.3) is 5.91 Å². The van der Waals surface area contributed by atoms with Crippen LogP contribution in [0.5, 0.6) is 0 Å². The number of benzene rings is 1. The van der Waals surface area contributed by atoms with Gasteiger partial charge >= 0.3 is 0 Å². The van der Waals surface area contributed by atoms with Crippen molar-refractivity contribution in [2.45, 2.75) is 51.5 Å². The molecule has 3 N–H and O–H groups in total. The summed E-state index contributed by atoms with van der Waals surface area (Å²) >= 11 is 0. The van der Waals surface area contributed by atoms with Crippen molar-refractivity contribution in [2.24, 2.45) is 16.6 Å². The number of carbonyl (C=O) groups excluding carboxylic acids is 1. The largest absolute Gasteiger partial charge is 0.370 e. The molecular formula is C17H25N3O. The minimum Gasteiger partial charge on any atom is -0.370 e. The van der Waals surface area contributed by atoms with Crippen LogP contribution in [0.15, 0.2) is 35.3 Å². The minimum atomic E-state index is -0.847. The highest BCUT2D eigenvalue weighted by Crippen LogP contribution is 2.38. The number of carbonyl (C=O) groups is 1. The second-order valence-corrected chi connectivity index (χ2v) is 5.80. The van der Waals surface area contributed by atoms with Crippen LogP contribution in [0.3, 0.4) is 0 Å². The number of unbranched alkanes of at least 4 members (excludes halogenated alkanes) is 1. The lowest BCUT2D eigenvalue weighted by molar-refractivity contribution is -0.124. The van der Waals surface area contributed by atoms with Crippen LogP contribution >= 0.6 is 0 Å². The van der Waals surface area contributed by atoms with Gasteiger partial charge in [-0.15, -0.1) is 0 Å². The number of amides is 1. The molecule has 0 aliphatic carbocycles. The van der Waals surface area contributed by atoms with Crippen molar-refractivity contribution in [1.29, 1.82) is 0 Å². The first-order valence-electron chi connectivity index (χ1n) is 7.84. The van der Waals surface area contributed by atoms with Crippen LogP contribution in [0.1, 0.15) is 51.5 Å². The lowest BCUT2D eigenvalue weighted by Gasteiger charge is -2.28. The third-order valence-corrected chi connectivity index (χ3v) is 4.31. The molecule has 0 saturated carbocycles. The average Bonchev–Trinajstić information content (AvgIpc) is 2.79. The lowest BCUT2D eigenvalue weighted by Crippen LogP contribution is -2.40. The first-order chi connectivity index (χ1) is 10.1. The first kappa shape index (κ1) is 15.5. The molecule has 2 atom stereocenters. The number of aliphatic imine (C=N–C) groups is 1. The monoisotopic (exact) mass is 287 g/mol. The van der Waals surface area contributed by atoms with E-state index in [0.717, 1.165) is 24.8 Å². The summed E-state index contributed by atoms with van der Waals surface area (Å²) in [6.45, 7) is 4.37. The van der Waals surface area contributed by atoms with Crippen LogP contribution in [0.2, 0.25) is 0 Å². The molecule has 114 valence electrons. The number of rotatable bonds is 7. The van der Waals surface area contributed by atoms with Crippen LogP contribution < -0.4 is 11.1 Å². The van der Waals surface area contributed by atoms with E-state index < -0.39 is 5.54 Å². The molecule has 1 heterocycles. The third kappa shape index (κ3) is 3.26. The van der Waals surface area contributed by atoms with Gasteiger partial charge in [0.2, 0.25) is 0 Å². The molecule has 4 heteroatoms. The van der Waals surface area contributed by atoms with Gasteiger partial charge in [-0.3, -0.25) is 10.1 Å². The van der Waals surface area contributed by atoms with E-state index in [1.54, 1.807) is 0 Å². The summed E-state index contributed by atoms with van der Waals surface area (Å²) in [4.78, 5) is 17.0. The summed E-state index contributed by atoms with van der Waals surface area (Å²) in [6, 6.07) is 9.77. The molecule has 1 aliphatic heterocycles. The van der Waals surface area contributed by atoms with Gasteiger partial charge in [-0.25, -0.2) is 4.99 Å². The predicted molar refractivity (Wildman–Crippen MR) is 85.8 cm³/mol. The van der Waals surface area contributed by atoms with E-state index in [9.17, 15) is 4.79 Å². The van der Waals surface area contributed by atoms with Crippen LogP contribution in [0, 0.1) is 5.92 Å². The molecule has 1 amide bonds. The Morgan fingerprint density at radius 1 is 1.29 bits per heavy atom. The van der Waals surface area contributed by atoms with E-state index in [4.69, 9.17) is 5.73 Å². The van der Waals surface area contributed by atoms with E-state index in [0.29, 0.717) is 5.92 Å². The van der Waals surface area contributed by atoms with Gasteiger partial charge in [0.15, 0.2) is 11.5 Å². The van der Waals surface area contributed by atoms with E-state index in [-0.39, 0.29) is 11.9 Å². The normalized spacial score (nSPS) is 22.8. The summed E-state index contributed by atoms with van der Waals surface area (Å²) < 4.78 is 0. The zero-order valence-corrected chi connectivity index (χ0v) is 12.9. The Labute approximate surface area is 126 Å². The third-order valence-electron chi connectivity index (χ3n) is 4.31. The number of nitrogens with two attached hydrogens (primary N) is 1. The Kier molecular flexibility index (Phi) is 4.99. The molecule has 1 aromatic rings. The van der Waals surface area contributed by atoms with Gasteiger partial charge in [0.05, 0.1) is 0 Å². The predicted octanol–water partition coefficient (Wildman–Crippen LogP) is 2.93. The van der Waals surface area contributed by atoms with E-state index in [1.807, 2.05) is 30.3 Å². The molecule has 2 rings (SSSR count). The SMILES string of the molecule is CCCCC(CC)CC1(c2ccccc2)N=C(N)NC1=O. The maximum absolute atomic E-state index is 12.5. The zero-order chi connectivity index (χ0) is 15.3. The number of hydrogen-bond donors (Lipinski definition) is 2. The molecule has 0 spiro atoms. The molecule has 2 unspecified atom stereocenters. The quantitative estimate of drug-likeness (QED) is 0.809.